The summed E-state index contributed by atoms with van der Waals surface area (Å²) < 4.78 is 16.5. The molecule has 0 heterocycles. The highest BCUT2D eigenvalue weighted by Gasteiger charge is 2.18. The molecule has 6 heteroatoms. The van der Waals surface area contributed by atoms with E-state index in [0.29, 0.717) is 12.0 Å². The van der Waals surface area contributed by atoms with Crippen molar-refractivity contribution in [1.29, 1.82) is 0 Å². The van der Waals surface area contributed by atoms with Crippen LogP contribution in [0.3, 0.4) is 0 Å². The van der Waals surface area contributed by atoms with Crippen LogP contribution in [0, 0.1) is 11.8 Å². The summed E-state index contributed by atoms with van der Waals surface area (Å²) in [6.45, 7) is 6.39. The summed E-state index contributed by atoms with van der Waals surface area (Å²) >= 11 is 0. The predicted molar refractivity (Wildman–Crippen MR) is 160 cm³/mol. The van der Waals surface area contributed by atoms with Gasteiger partial charge in [-0.3, -0.25) is 4.79 Å². The Bertz CT molecular complexity index is 1330. The molecule has 0 aromatic heterocycles. The minimum absolute atomic E-state index is 0.235. The summed E-state index contributed by atoms with van der Waals surface area (Å²) in [6, 6.07) is 21.1. The molecule has 0 saturated heterocycles. The average Bonchev–Trinajstić information content (AvgIpc) is 2.99. The van der Waals surface area contributed by atoms with Crippen molar-refractivity contribution in [1.82, 2.24) is 0 Å². The lowest BCUT2D eigenvalue weighted by Gasteiger charge is -2.10. The summed E-state index contributed by atoms with van der Waals surface area (Å²) in [4.78, 5) is 37.0. The molecule has 0 aliphatic carbocycles. The number of carbonyl (C=O) groups excluding carboxylic acids is 3. The van der Waals surface area contributed by atoms with E-state index in [4.69, 9.17) is 14.2 Å². The number of hydrogen-bond acceptors (Lipinski definition) is 6. The van der Waals surface area contributed by atoms with Crippen LogP contribution in [0.2, 0.25) is 0 Å². The number of Topliss-reactive ketones (excluding diaryl/α,β-unsaturated/α-hetero) is 1. The molecule has 41 heavy (non-hydrogen) atoms. The second-order valence-corrected chi connectivity index (χ2v) is 9.74. The molecular weight excluding hydrogens is 516 g/mol. The Morgan fingerprint density at radius 1 is 0.683 bits per heavy atom. The zero-order valence-electron chi connectivity index (χ0n) is 24.1. The third kappa shape index (κ3) is 10.3. The van der Waals surface area contributed by atoms with Crippen molar-refractivity contribution in [2.75, 3.05) is 6.61 Å². The fourth-order valence-corrected chi connectivity index (χ4v) is 3.92. The second-order valence-electron chi connectivity index (χ2n) is 9.74. The fourth-order valence-electron chi connectivity index (χ4n) is 3.92. The van der Waals surface area contributed by atoms with Crippen molar-refractivity contribution in [2.45, 2.75) is 71.8 Å². The van der Waals surface area contributed by atoms with E-state index in [2.05, 4.69) is 18.8 Å². The second kappa shape index (κ2) is 16.7. The topological polar surface area (TPSA) is 78.9 Å². The number of ketones is 1. The van der Waals surface area contributed by atoms with E-state index in [1.165, 1.54) is 56.9 Å². The van der Waals surface area contributed by atoms with Crippen molar-refractivity contribution in [3.05, 3.63) is 83.9 Å². The van der Waals surface area contributed by atoms with Gasteiger partial charge >= 0.3 is 11.9 Å². The van der Waals surface area contributed by atoms with Crippen molar-refractivity contribution in [3.8, 4) is 34.5 Å². The molecule has 0 aliphatic rings. The first-order chi connectivity index (χ1) is 19.9. The zero-order chi connectivity index (χ0) is 29.5. The van der Waals surface area contributed by atoms with Gasteiger partial charge in [-0.2, -0.15) is 0 Å². The predicted octanol–water partition coefficient (Wildman–Crippen LogP) is 7.84. The Labute approximate surface area is 243 Å². The third-order valence-corrected chi connectivity index (χ3v) is 6.37. The molecule has 3 rings (SSSR count). The van der Waals surface area contributed by atoms with Gasteiger partial charge in [0, 0.05) is 6.42 Å². The summed E-state index contributed by atoms with van der Waals surface area (Å²) in [6.07, 6.45) is 6.51. The van der Waals surface area contributed by atoms with E-state index in [1.807, 2.05) is 43.3 Å². The largest absolute Gasteiger partial charge is 0.494 e. The van der Waals surface area contributed by atoms with Crippen LogP contribution in [0.25, 0.3) is 11.1 Å². The number of esters is 2. The molecule has 0 amide bonds. The molecule has 0 fully saturated rings. The number of unbranched alkanes of at least 4 members (excludes halogenated alkanes) is 5. The van der Waals surface area contributed by atoms with Gasteiger partial charge in [0.1, 0.15) is 11.5 Å². The van der Waals surface area contributed by atoms with E-state index in [9.17, 15) is 14.4 Å². The monoisotopic (exact) mass is 554 g/mol. The number of hydrogen-bond donors (Lipinski definition) is 0. The first-order valence-electron chi connectivity index (χ1n) is 14.3. The number of ether oxygens (including phenoxy) is 3. The van der Waals surface area contributed by atoms with E-state index in [1.54, 1.807) is 12.1 Å². The lowest BCUT2D eigenvalue weighted by atomic mass is 10.0. The van der Waals surface area contributed by atoms with Crippen LogP contribution < -0.4 is 9.47 Å². The van der Waals surface area contributed by atoms with Crippen LogP contribution in [-0.2, 0) is 9.53 Å². The third-order valence-electron chi connectivity index (χ3n) is 6.37. The van der Waals surface area contributed by atoms with E-state index in [0.717, 1.165) is 36.3 Å². The summed E-state index contributed by atoms with van der Waals surface area (Å²) in [5, 5.41) is 0. The van der Waals surface area contributed by atoms with Crippen LogP contribution in [0.4, 0.5) is 0 Å². The minimum atomic E-state index is -0.969. The van der Waals surface area contributed by atoms with Gasteiger partial charge in [0.15, 0.2) is 6.10 Å². The van der Waals surface area contributed by atoms with Gasteiger partial charge in [0.25, 0.3) is 0 Å². The Hall–Kier alpha value is -4.37. The number of rotatable bonds is 14. The van der Waals surface area contributed by atoms with Crippen LogP contribution in [-0.4, -0.2) is 30.4 Å². The SMILES string of the molecule is CCCC#CC(=O)C(C)OC(=O)c1ccc(OC(=O)c2ccc(-c3ccc(OCCCCCCC)cc3)cc2)cc1. The Morgan fingerprint density at radius 2 is 1.24 bits per heavy atom. The number of carbonyl (C=O) groups is 3. The van der Waals surface area contributed by atoms with E-state index >= 15 is 0 Å². The standard InChI is InChI=1S/C35H38O6/c1-4-6-8-9-11-25-39-31-21-17-28(18-22-31)27-13-15-29(16-14-27)35(38)41-32-23-19-30(20-24-32)34(37)40-26(3)33(36)12-10-7-5-2/h13-24,26H,4-9,11,25H2,1-3H3. The highest BCUT2D eigenvalue weighted by molar-refractivity contribution is 6.01. The average molecular weight is 555 g/mol. The van der Waals surface area contributed by atoms with Gasteiger partial charge in [0.05, 0.1) is 17.7 Å². The lowest BCUT2D eigenvalue weighted by Crippen LogP contribution is -2.23. The summed E-state index contributed by atoms with van der Waals surface area (Å²) in [7, 11) is 0. The van der Waals surface area contributed by atoms with Gasteiger partial charge in [0.2, 0.25) is 5.78 Å². The van der Waals surface area contributed by atoms with E-state index in [-0.39, 0.29) is 11.3 Å². The molecule has 3 aromatic rings. The van der Waals surface area contributed by atoms with Crippen LogP contribution in [0.1, 0.15) is 86.4 Å². The molecule has 3 aromatic carbocycles. The molecule has 1 unspecified atom stereocenters. The Kier molecular flexibility index (Phi) is 12.7. The van der Waals surface area contributed by atoms with Crippen LogP contribution >= 0.6 is 0 Å². The normalized spacial score (nSPS) is 11.1. The molecule has 1 atom stereocenters. The molecule has 0 aliphatic heterocycles. The molecular formula is C35H38O6. The first kappa shape index (κ1) is 31.2. The van der Waals surface area contributed by atoms with Crippen LogP contribution in [0.5, 0.6) is 11.5 Å². The zero-order valence-corrected chi connectivity index (χ0v) is 24.1. The first-order valence-corrected chi connectivity index (χ1v) is 14.3. The molecule has 0 N–H and O–H groups in total. The summed E-state index contributed by atoms with van der Waals surface area (Å²) in [5.41, 5.74) is 2.63. The lowest BCUT2D eigenvalue weighted by molar-refractivity contribution is -0.121. The van der Waals surface area contributed by atoms with Crippen LogP contribution in [0.15, 0.2) is 72.8 Å². The smallest absolute Gasteiger partial charge is 0.343 e. The van der Waals surface area contributed by atoms with Gasteiger partial charge in [-0.05, 0) is 85.3 Å². The maximum atomic E-state index is 12.7. The Morgan fingerprint density at radius 3 is 1.88 bits per heavy atom. The van der Waals surface area contributed by atoms with Gasteiger partial charge in [-0.25, -0.2) is 9.59 Å². The highest BCUT2D eigenvalue weighted by Crippen LogP contribution is 2.24. The van der Waals surface area contributed by atoms with Crippen molar-refractivity contribution >= 4 is 17.7 Å². The molecule has 0 saturated carbocycles. The molecule has 0 spiro atoms. The molecule has 0 radical (unpaired) electrons. The summed E-state index contributed by atoms with van der Waals surface area (Å²) in [5.74, 6) is 4.75. The van der Waals surface area contributed by atoms with E-state index < -0.39 is 23.8 Å². The van der Waals surface area contributed by atoms with Gasteiger partial charge in [-0.15, -0.1) is 0 Å². The minimum Gasteiger partial charge on any atom is -0.494 e. The maximum Gasteiger partial charge on any atom is 0.343 e. The highest BCUT2D eigenvalue weighted by atomic mass is 16.5. The molecule has 0 bridgehead atoms. The molecule has 214 valence electrons. The van der Waals surface area contributed by atoms with Gasteiger partial charge in [-0.1, -0.05) is 69.7 Å². The van der Waals surface area contributed by atoms with Crippen molar-refractivity contribution < 1.29 is 28.6 Å². The quantitative estimate of drug-likeness (QED) is 0.0664. The van der Waals surface area contributed by atoms with Crippen molar-refractivity contribution in [3.63, 3.8) is 0 Å². The number of benzene rings is 3. The van der Waals surface area contributed by atoms with Gasteiger partial charge < -0.3 is 14.2 Å². The fraction of sp³-hybridized carbons (Fsp3) is 0.343. The van der Waals surface area contributed by atoms with Crippen molar-refractivity contribution in [2.24, 2.45) is 0 Å². The maximum absolute atomic E-state index is 12.7. The molecule has 6 nitrogen and oxygen atoms in total. The Balaban J connectivity index is 1.49.